The van der Waals surface area contributed by atoms with Crippen molar-refractivity contribution in [3.05, 3.63) is 101 Å². The number of fused-ring (bicyclic) bond motifs is 2. The van der Waals surface area contributed by atoms with E-state index in [2.05, 4.69) is 20.7 Å². The van der Waals surface area contributed by atoms with Crippen molar-refractivity contribution in [2.24, 2.45) is 10.1 Å². The Bertz CT molecular complexity index is 1700. The molecule has 2 aliphatic rings. The lowest BCUT2D eigenvalue weighted by Gasteiger charge is -2.20. The molecule has 6 rings (SSSR count). The molecule has 1 N–H and O–H groups in total. The smallest absolute Gasteiger partial charge is 0.283 e. The Morgan fingerprint density at radius 3 is 2.45 bits per heavy atom. The van der Waals surface area contributed by atoms with Crippen molar-refractivity contribution in [3.63, 3.8) is 0 Å². The zero-order chi connectivity index (χ0) is 27.6. The van der Waals surface area contributed by atoms with Gasteiger partial charge in [0.1, 0.15) is 29.8 Å². The molecule has 0 saturated carbocycles. The molecule has 2 aliphatic heterocycles. The molecule has 0 bridgehead atoms. The normalized spacial score (nSPS) is 15.8. The maximum Gasteiger partial charge on any atom is 0.283 e. The summed E-state index contributed by atoms with van der Waals surface area (Å²) in [4.78, 5) is 17.3. The number of benzene rings is 3. The van der Waals surface area contributed by atoms with Crippen LogP contribution in [0.4, 0.5) is 0 Å². The highest BCUT2D eigenvalue weighted by Gasteiger charge is 2.36. The SMILES string of the molecule is Cc1ccc(OCCn2c(C)c(/C=C3\C(=N)N4N=C(COc5ccccc5)SC4=NC3=O)c3ccccc32)cc1. The summed E-state index contributed by atoms with van der Waals surface area (Å²) in [6.45, 7) is 5.42. The molecule has 4 aromatic rings. The Labute approximate surface area is 236 Å². The number of carbonyl (C=O) groups excluding carboxylic acids is 1. The van der Waals surface area contributed by atoms with Gasteiger partial charge in [0.15, 0.2) is 5.84 Å². The summed E-state index contributed by atoms with van der Waals surface area (Å²) < 4.78 is 14.0. The van der Waals surface area contributed by atoms with Gasteiger partial charge in [-0.15, -0.1) is 0 Å². The van der Waals surface area contributed by atoms with Gasteiger partial charge in [0.05, 0.1) is 12.1 Å². The van der Waals surface area contributed by atoms with Gasteiger partial charge in [0, 0.05) is 22.2 Å². The number of nitrogens with zero attached hydrogens (tertiary/aromatic N) is 4. The monoisotopic (exact) mass is 549 g/mol. The zero-order valence-electron chi connectivity index (χ0n) is 22.1. The molecule has 40 heavy (non-hydrogen) atoms. The molecule has 0 aliphatic carbocycles. The van der Waals surface area contributed by atoms with Crippen molar-refractivity contribution < 1.29 is 14.3 Å². The second-order valence-corrected chi connectivity index (χ2v) is 10.5. The van der Waals surface area contributed by atoms with Gasteiger partial charge in [-0.1, -0.05) is 54.1 Å². The Hall–Kier alpha value is -4.63. The van der Waals surface area contributed by atoms with Crippen LogP contribution in [-0.4, -0.2) is 44.7 Å². The number of nitrogens with one attached hydrogen (secondary N) is 1. The van der Waals surface area contributed by atoms with E-state index in [1.165, 1.54) is 22.3 Å². The van der Waals surface area contributed by atoms with E-state index in [4.69, 9.17) is 14.9 Å². The molecule has 1 aromatic heterocycles. The summed E-state index contributed by atoms with van der Waals surface area (Å²) in [5.41, 5.74) is 4.27. The highest BCUT2D eigenvalue weighted by Crippen LogP contribution is 2.32. The number of thioether (sulfide) groups is 1. The highest BCUT2D eigenvalue weighted by molar-refractivity contribution is 8.27. The minimum atomic E-state index is -0.455. The van der Waals surface area contributed by atoms with Crippen molar-refractivity contribution in [2.75, 3.05) is 13.2 Å². The van der Waals surface area contributed by atoms with Gasteiger partial charge in [-0.3, -0.25) is 10.2 Å². The predicted octanol–water partition coefficient (Wildman–Crippen LogP) is 6.04. The lowest BCUT2D eigenvalue weighted by molar-refractivity contribution is -0.114. The summed E-state index contributed by atoms with van der Waals surface area (Å²) >= 11 is 1.24. The summed E-state index contributed by atoms with van der Waals surface area (Å²) in [7, 11) is 0. The van der Waals surface area contributed by atoms with E-state index in [0.29, 0.717) is 23.4 Å². The van der Waals surface area contributed by atoms with E-state index >= 15 is 0 Å². The molecule has 0 fully saturated rings. The van der Waals surface area contributed by atoms with Gasteiger partial charge in [0.2, 0.25) is 5.17 Å². The lowest BCUT2D eigenvalue weighted by Crippen LogP contribution is -2.35. The molecule has 3 heterocycles. The standard InChI is InChI=1S/C31H27N5O3S/c1-20-12-14-23(15-13-20)38-17-16-35-21(2)25(24-10-6-7-11-27(24)35)18-26-29(32)36-31(33-30(26)37)40-28(34-36)19-39-22-8-4-3-5-9-22/h3-15,18,32H,16-17,19H2,1-2H3/b26-18+,32-29?. The minimum absolute atomic E-state index is 0.00357. The number of para-hydroxylation sites is 2. The molecular weight excluding hydrogens is 522 g/mol. The highest BCUT2D eigenvalue weighted by atomic mass is 32.2. The van der Waals surface area contributed by atoms with Gasteiger partial charge >= 0.3 is 0 Å². The second-order valence-electron chi connectivity index (χ2n) is 9.44. The van der Waals surface area contributed by atoms with Crippen LogP contribution in [-0.2, 0) is 11.3 Å². The number of hydrogen-bond acceptors (Lipinski definition) is 6. The number of amidine groups is 2. The summed E-state index contributed by atoms with van der Waals surface area (Å²) in [6, 6.07) is 25.5. The minimum Gasteiger partial charge on any atom is -0.492 e. The second kappa shape index (κ2) is 10.9. The molecule has 8 nitrogen and oxygen atoms in total. The topological polar surface area (TPSA) is 92.3 Å². The van der Waals surface area contributed by atoms with E-state index in [1.54, 1.807) is 6.08 Å². The van der Waals surface area contributed by atoms with Crippen molar-refractivity contribution >= 4 is 50.7 Å². The first kappa shape index (κ1) is 25.6. The van der Waals surface area contributed by atoms with Gasteiger partial charge in [-0.25, -0.2) is 0 Å². The molecule has 200 valence electrons. The first-order valence-electron chi connectivity index (χ1n) is 12.9. The molecular formula is C31H27N5O3S. The molecule has 1 amide bonds. The fraction of sp³-hybridized carbons (Fsp3) is 0.161. The van der Waals surface area contributed by atoms with Crippen LogP contribution in [0.5, 0.6) is 11.5 Å². The third-order valence-electron chi connectivity index (χ3n) is 6.77. The summed E-state index contributed by atoms with van der Waals surface area (Å²) in [5.74, 6) is 1.09. The van der Waals surface area contributed by atoms with Crippen molar-refractivity contribution in [2.45, 2.75) is 20.4 Å². The third-order valence-corrected chi connectivity index (χ3v) is 7.66. The lowest BCUT2D eigenvalue weighted by atomic mass is 10.1. The van der Waals surface area contributed by atoms with Gasteiger partial charge in [-0.05, 0) is 62.0 Å². The zero-order valence-corrected chi connectivity index (χ0v) is 22.9. The molecule has 0 saturated heterocycles. The van der Waals surface area contributed by atoms with Gasteiger partial charge < -0.3 is 14.0 Å². The van der Waals surface area contributed by atoms with E-state index < -0.39 is 5.91 Å². The quantitative estimate of drug-likeness (QED) is 0.271. The molecule has 0 atom stereocenters. The maximum atomic E-state index is 13.1. The van der Waals surface area contributed by atoms with E-state index in [9.17, 15) is 4.79 Å². The maximum absolute atomic E-state index is 13.1. The average molecular weight is 550 g/mol. The average Bonchev–Trinajstić information content (AvgIpc) is 3.50. The number of hydrogen-bond donors (Lipinski definition) is 1. The Kier molecular flexibility index (Phi) is 6.96. The molecule has 9 heteroatoms. The number of ether oxygens (including phenoxy) is 2. The number of aryl methyl sites for hydroxylation is 1. The van der Waals surface area contributed by atoms with Crippen molar-refractivity contribution in [1.29, 1.82) is 5.41 Å². The fourth-order valence-corrected chi connectivity index (χ4v) is 5.51. The van der Waals surface area contributed by atoms with Crippen LogP contribution in [0.1, 0.15) is 16.8 Å². The van der Waals surface area contributed by atoms with E-state index in [0.717, 1.165) is 33.7 Å². The summed E-state index contributed by atoms with van der Waals surface area (Å²) in [5, 5.41) is 16.7. The number of carbonyl (C=O) groups is 1. The van der Waals surface area contributed by atoms with E-state index in [1.807, 2.05) is 86.6 Å². The predicted molar refractivity (Wildman–Crippen MR) is 160 cm³/mol. The number of rotatable bonds is 8. The summed E-state index contributed by atoms with van der Waals surface area (Å²) in [6.07, 6.45) is 1.76. The molecule has 0 spiro atoms. The van der Waals surface area contributed by atoms with E-state index in [-0.39, 0.29) is 18.0 Å². The van der Waals surface area contributed by atoms with Crippen molar-refractivity contribution in [1.82, 2.24) is 9.58 Å². The number of aromatic nitrogens is 1. The van der Waals surface area contributed by atoms with Crippen LogP contribution < -0.4 is 9.47 Å². The number of aliphatic imine (C=N–C) groups is 1. The van der Waals surface area contributed by atoms with Crippen LogP contribution in [0.3, 0.4) is 0 Å². The van der Waals surface area contributed by atoms with Crippen LogP contribution in [0.2, 0.25) is 0 Å². The molecule has 0 radical (unpaired) electrons. The Morgan fingerprint density at radius 2 is 1.65 bits per heavy atom. The first-order chi connectivity index (χ1) is 19.5. The van der Waals surface area contributed by atoms with Crippen molar-refractivity contribution in [3.8, 4) is 11.5 Å². The number of amides is 1. The Balaban J connectivity index is 1.25. The third kappa shape index (κ3) is 5.03. The fourth-order valence-electron chi connectivity index (χ4n) is 4.71. The number of hydrazone groups is 1. The first-order valence-corrected chi connectivity index (χ1v) is 13.7. The largest absolute Gasteiger partial charge is 0.492 e. The Morgan fingerprint density at radius 1 is 0.925 bits per heavy atom. The van der Waals surface area contributed by atoms with Crippen LogP contribution in [0, 0.1) is 19.3 Å². The molecule has 3 aromatic carbocycles. The van der Waals surface area contributed by atoms with Gasteiger partial charge in [-0.2, -0.15) is 15.1 Å². The van der Waals surface area contributed by atoms with Gasteiger partial charge in [0.25, 0.3) is 5.91 Å². The molecule has 0 unspecified atom stereocenters. The van der Waals surface area contributed by atoms with Crippen LogP contribution in [0.15, 0.2) is 94.5 Å². The van der Waals surface area contributed by atoms with Crippen LogP contribution in [0.25, 0.3) is 17.0 Å². The van der Waals surface area contributed by atoms with Crippen LogP contribution >= 0.6 is 11.8 Å².